The minimum absolute atomic E-state index is 1.34. The molecule has 5 heteroatoms. The van der Waals surface area contributed by atoms with Crippen LogP contribution in [-0.2, 0) is 4.74 Å². The quantitative estimate of drug-likeness (QED) is 0.549. The summed E-state index contributed by atoms with van der Waals surface area (Å²) in [6.45, 7) is -2.25. The molecule has 0 aromatic carbocycles. The highest BCUT2D eigenvalue weighted by molar-refractivity contribution is 4.65. The van der Waals surface area contributed by atoms with Crippen molar-refractivity contribution < 1.29 is 22.3 Å². The second-order valence-corrected chi connectivity index (χ2v) is 1.43. The molecular formula is C4H5F4O. The smallest absolute Gasteiger partial charge is 0.317 e. The Kier molecular flexibility index (Phi) is 2.90. The van der Waals surface area contributed by atoms with Gasteiger partial charge in [-0.05, 0) is 0 Å². The third kappa shape index (κ3) is 7.68. The molecule has 1 nitrogen and oxygen atoms in total. The summed E-state index contributed by atoms with van der Waals surface area (Å²) in [5.41, 5.74) is 0. The third-order valence-corrected chi connectivity index (χ3v) is 0.420. The first-order valence-corrected chi connectivity index (χ1v) is 2.05. The van der Waals surface area contributed by atoms with Gasteiger partial charge >= 0.3 is 6.61 Å². The van der Waals surface area contributed by atoms with Crippen molar-refractivity contribution in [1.82, 2.24) is 0 Å². The third-order valence-electron chi connectivity index (χ3n) is 0.420. The van der Waals surface area contributed by atoms with Crippen LogP contribution in [0.5, 0.6) is 0 Å². The Morgan fingerprint density at radius 1 is 1.44 bits per heavy atom. The average molecular weight is 145 g/mol. The Morgan fingerprint density at radius 3 is 2.00 bits per heavy atom. The Balaban J connectivity index is 3.28. The lowest BCUT2D eigenvalue weighted by molar-refractivity contribution is -0.170. The van der Waals surface area contributed by atoms with E-state index in [1.54, 1.807) is 0 Å². The number of rotatable bonds is 3. The summed E-state index contributed by atoms with van der Waals surface area (Å²) >= 11 is 0. The molecule has 0 aromatic rings. The van der Waals surface area contributed by atoms with Crippen LogP contribution in [0.15, 0.2) is 0 Å². The zero-order valence-electron chi connectivity index (χ0n) is 4.41. The van der Waals surface area contributed by atoms with Crippen molar-refractivity contribution in [2.24, 2.45) is 0 Å². The fraction of sp³-hybridized carbons (Fsp3) is 0.750. The van der Waals surface area contributed by atoms with Gasteiger partial charge in [-0.25, -0.2) is 8.78 Å². The average Bonchev–Trinajstić information content (AvgIpc) is 1.59. The molecule has 0 aliphatic rings. The van der Waals surface area contributed by atoms with Crippen molar-refractivity contribution in [2.45, 2.75) is 12.5 Å². The van der Waals surface area contributed by atoms with E-state index < -0.39 is 19.1 Å². The molecule has 0 saturated heterocycles. The number of hydrogen-bond acceptors (Lipinski definition) is 1. The summed E-state index contributed by atoms with van der Waals surface area (Å²) in [5, 5.41) is 0. The molecule has 0 N–H and O–H groups in total. The van der Waals surface area contributed by atoms with Gasteiger partial charge in [0, 0.05) is 6.92 Å². The van der Waals surface area contributed by atoms with Crippen LogP contribution in [0, 0.1) is 6.92 Å². The SMILES string of the molecule is [CH2]C(F)(F)COC(F)F. The van der Waals surface area contributed by atoms with Gasteiger partial charge in [0.1, 0.15) is 6.61 Å². The number of alkyl halides is 4. The van der Waals surface area contributed by atoms with E-state index in [2.05, 4.69) is 11.7 Å². The van der Waals surface area contributed by atoms with Crippen LogP contribution < -0.4 is 0 Å². The summed E-state index contributed by atoms with van der Waals surface area (Å²) in [5.74, 6) is -3.42. The first-order valence-electron chi connectivity index (χ1n) is 2.05. The van der Waals surface area contributed by atoms with Gasteiger partial charge in [0.25, 0.3) is 5.92 Å². The van der Waals surface area contributed by atoms with E-state index in [4.69, 9.17) is 0 Å². The fourth-order valence-corrected chi connectivity index (χ4v) is 0.185. The van der Waals surface area contributed by atoms with Gasteiger partial charge in [-0.15, -0.1) is 0 Å². The molecule has 9 heavy (non-hydrogen) atoms. The van der Waals surface area contributed by atoms with Crippen molar-refractivity contribution >= 4 is 0 Å². The van der Waals surface area contributed by atoms with Crippen molar-refractivity contribution in [1.29, 1.82) is 0 Å². The normalized spacial score (nSPS) is 12.7. The molecule has 0 saturated carbocycles. The number of halogens is 4. The van der Waals surface area contributed by atoms with Gasteiger partial charge < -0.3 is 4.74 Å². The Hall–Kier alpha value is -0.320. The lowest BCUT2D eigenvalue weighted by atomic mass is 10.4. The topological polar surface area (TPSA) is 9.23 Å². The lowest BCUT2D eigenvalue weighted by Gasteiger charge is -2.08. The Bertz CT molecular complexity index is 77.1. The van der Waals surface area contributed by atoms with Crippen molar-refractivity contribution in [3.8, 4) is 0 Å². The van der Waals surface area contributed by atoms with Gasteiger partial charge in [0.15, 0.2) is 0 Å². The molecule has 0 atom stereocenters. The van der Waals surface area contributed by atoms with E-state index in [9.17, 15) is 17.6 Å². The molecule has 0 bridgehead atoms. The van der Waals surface area contributed by atoms with Crippen LogP contribution in [0.4, 0.5) is 17.6 Å². The van der Waals surface area contributed by atoms with Crippen LogP contribution in [0.2, 0.25) is 0 Å². The highest BCUT2D eigenvalue weighted by atomic mass is 19.3. The second-order valence-electron chi connectivity index (χ2n) is 1.43. The van der Waals surface area contributed by atoms with E-state index in [0.717, 1.165) is 0 Å². The molecule has 0 fully saturated rings. The molecule has 0 amide bonds. The molecule has 0 aliphatic carbocycles. The summed E-state index contributed by atoms with van der Waals surface area (Å²) in [7, 11) is 0. The van der Waals surface area contributed by atoms with Crippen LogP contribution in [0.1, 0.15) is 0 Å². The number of hydrogen-bond donors (Lipinski definition) is 0. The first kappa shape index (κ1) is 8.68. The second kappa shape index (κ2) is 3.00. The zero-order chi connectivity index (χ0) is 7.49. The van der Waals surface area contributed by atoms with Crippen LogP contribution >= 0.6 is 0 Å². The van der Waals surface area contributed by atoms with Crippen LogP contribution in [0.3, 0.4) is 0 Å². The van der Waals surface area contributed by atoms with Gasteiger partial charge in [-0.3, -0.25) is 0 Å². The van der Waals surface area contributed by atoms with Crippen LogP contribution in [0.25, 0.3) is 0 Å². The summed E-state index contributed by atoms with van der Waals surface area (Å²) in [6, 6.07) is 0. The molecule has 0 spiro atoms. The largest absolute Gasteiger partial charge is 0.345 e. The van der Waals surface area contributed by atoms with Gasteiger partial charge in [-0.1, -0.05) is 0 Å². The molecule has 0 heterocycles. The number of ether oxygens (including phenoxy) is 1. The molecule has 0 aromatic heterocycles. The van der Waals surface area contributed by atoms with E-state index >= 15 is 0 Å². The zero-order valence-corrected chi connectivity index (χ0v) is 4.41. The maximum absolute atomic E-state index is 11.5. The Morgan fingerprint density at radius 2 is 1.89 bits per heavy atom. The van der Waals surface area contributed by atoms with E-state index in [1.165, 1.54) is 0 Å². The van der Waals surface area contributed by atoms with E-state index in [-0.39, 0.29) is 0 Å². The predicted octanol–water partition coefficient (Wildman–Crippen LogP) is 1.69. The van der Waals surface area contributed by atoms with Gasteiger partial charge in [-0.2, -0.15) is 8.78 Å². The lowest BCUT2D eigenvalue weighted by Crippen LogP contribution is -2.20. The molecule has 55 valence electrons. The predicted molar refractivity (Wildman–Crippen MR) is 22.3 cm³/mol. The van der Waals surface area contributed by atoms with Crippen LogP contribution in [-0.4, -0.2) is 19.1 Å². The highest BCUT2D eigenvalue weighted by Crippen LogP contribution is 2.12. The molecule has 0 aliphatic heterocycles. The molecule has 1 radical (unpaired) electrons. The monoisotopic (exact) mass is 145 g/mol. The van der Waals surface area contributed by atoms with E-state index in [0.29, 0.717) is 0 Å². The standard InChI is InChI=1S/C4H5F4O/c1-4(7,8)2-9-3(5)6/h3H,1-2H2. The maximum Gasteiger partial charge on any atom is 0.345 e. The Labute approximate surface area is 49.6 Å². The molecule has 0 unspecified atom stereocenters. The molecule has 0 rings (SSSR count). The van der Waals surface area contributed by atoms with Crippen molar-refractivity contribution in [3.05, 3.63) is 6.92 Å². The van der Waals surface area contributed by atoms with Gasteiger partial charge in [0.05, 0.1) is 0 Å². The summed E-state index contributed by atoms with van der Waals surface area (Å²) in [6.07, 6.45) is 0. The van der Waals surface area contributed by atoms with Crippen molar-refractivity contribution in [2.75, 3.05) is 6.61 Å². The first-order chi connectivity index (χ1) is 3.92. The van der Waals surface area contributed by atoms with Gasteiger partial charge in [0.2, 0.25) is 0 Å². The minimum atomic E-state index is -3.42. The fourth-order valence-electron chi connectivity index (χ4n) is 0.185. The van der Waals surface area contributed by atoms with Crippen molar-refractivity contribution in [3.63, 3.8) is 0 Å². The maximum atomic E-state index is 11.5. The molecular weight excluding hydrogens is 140 g/mol. The summed E-state index contributed by atoms with van der Waals surface area (Å²) < 4.78 is 48.3. The summed E-state index contributed by atoms with van der Waals surface area (Å²) in [4.78, 5) is 0. The van der Waals surface area contributed by atoms with E-state index in [1.807, 2.05) is 0 Å². The highest BCUT2D eigenvalue weighted by Gasteiger charge is 2.23. The minimum Gasteiger partial charge on any atom is -0.317 e.